The average molecular weight is 332 g/mol. The maximum Gasteiger partial charge on any atom is 0.306 e. The molecule has 0 aromatic rings. The molecule has 9 heteroatoms. The van der Waals surface area contributed by atoms with Crippen molar-refractivity contribution in [1.82, 2.24) is 9.03 Å². The zero-order chi connectivity index (χ0) is 15.1. The minimum atomic E-state index is -3.66. The standard InChI is InChI=1S/C11H25N3O4S.ClH/c1-5-11(6-2,9-12)13-19(16,17)14(3)8-7-10(15)18-4;/h13H,5-9,12H2,1-4H3;1H. The van der Waals surface area contributed by atoms with Crippen LogP contribution in [0.1, 0.15) is 33.1 Å². The monoisotopic (exact) mass is 331 g/mol. The van der Waals surface area contributed by atoms with Crippen molar-refractivity contribution in [2.24, 2.45) is 5.73 Å². The lowest BCUT2D eigenvalue weighted by Gasteiger charge is -2.32. The summed E-state index contributed by atoms with van der Waals surface area (Å²) < 4.78 is 32.5. The highest BCUT2D eigenvalue weighted by Crippen LogP contribution is 2.15. The topological polar surface area (TPSA) is 102 Å². The molecule has 0 heterocycles. The molecule has 3 N–H and O–H groups in total. The van der Waals surface area contributed by atoms with E-state index in [1.54, 1.807) is 0 Å². The number of methoxy groups -OCH3 is 1. The second-order valence-electron chi connectivity index (χ2n) is 4.45. The van der Waals surface area contributed by atoms with Crippen molar-refractivity contribution in [2.75, 3.05) is 27.2 Å². The Morgan fingerprint density at radius 2 is 1.85 bits per heavy atom. The first-order valence-electron chi connectivity index (χ1n) is 6.29. The van der Waals surface area contributed by atoms with E-state index in [4.69, 9.17) is 5.73 Å². The predicted molar refractivity (Wildman–Crippen MR) is 80.9 cm³/mol. The molecule has 0 atom stereocenters. The van der Waals surface area contributed by atoms with Gasteiger partial charge in [0.25, 0.3) is 10.2 Å². The third-order valence-electron chi connectivity index (χ3n) is 3.36. The molecule has 0 unspecified atom stereocenters. The summed E-state index contributed by atoms with van der Waals surface area (Å²) in [6.45, 7) is 4.06. The molecule has 0 aromatic heterocycles. The van der Waals surface area contributed by atoms with Crippen LogP contribution >= 0.6 is 12.4 Å². The molecule has 0 spiro atoms. The van der Waals surface area contributed by atoms with Crippen molar-refractivity contribution >= 4 is 28.6 Å². The Hall–Kier alpha value is -0.410. The fraction of sp³-hybridized carbons (Fsp3) is 0.909. The predicted octanol–water partition coefficient (Wildman–Crippen LogP) is 0.255. The molecule has 0 aliphatic carbocycles. The van der Waals surface area contributed by atoms with Gasteiger partial charge in [0, 0.05) is 25.7 Å². The van der Waals surface area contributed by atoms with Crippen molar-refractivity contribution in [3.63, 3.8) is 0 Å². The van der Waals surface area contributed by atoms with E-state index < -0.39 is 21.7 Å². The van der Waals surface area contributed by atoms with Crippen molar-refractivity contribution in [3.8, 4) is 0 Å². The number of esters is 1. The second-order valence-corrected chi connectivity index (χ2v) is 6.22. The number of carbonyl (C=O) groups excluding carboxylic acids is 1. The molecular formula is C11H26ClN3O4S. The highest BCUT2D eigenvalue weighted by molar-refractivity contribution is 7.87. The molecule has 0 bridgehead atoms. The molecule has 0 saturated heterocycles. The van der Waals surface area contributed by atoms with Crippen LogP contribution in [0.25, 0.3) is 0 Å². The lowest BCUT2D eigenvalue weighted by atomic mass is 9.95. The third-order valence-corrected chi connectivity index (χ3v) is 5.05. The molecule has 0 fully saturated rings. The number of halogens is 1. The lowest BCUT2D eigenvalue weighted by Crippen LogP contribution is -2.56. The summed E-state index contributed by atoms with van der Waals surface area (Å²) in [5.41, 5.74) is 5.02. The first-order valence-corrected chi connectivity index (χ1v) is 7.73. The van der Waals surface area contributed by atoms with Crippen LogP contribution in [-0.2, 0) is 19.7 Å². The van der Waals surface area contributed by atoms with Crippen LogP contribution in [0.3, 0.4) is 0 Å². The maximum absolute atomic E-state index is 12.1. The van der Waals surface area contributed by atoms with Crippen LogP contribution < -0.4 is 10.5 Å². The summed E-state index contributed by atoms with van der Waals surface area (Å²) in [6, 6.07) is 0. The number of hydrogen-bond donors (Lipinski definition) is 2. The summed E-state index contributed by atoms with van der Waals surface area (Å²) >= 11 is 0. The van der Waals surface area contributed by atoms with Gasteiger partial charge in [-0.25, -0.2) is 0 Å². The first-order chi connectivity index (χ1) is 8.76. The van der Waals surface area contributed by atoms with E-state index in [0.717, 1.165) is 4.31 Å². The smallest absolute Gasteiger partial charge is 0.306 e. The van der Waals surface area contributed by atoms with Gasteiger partial charge in [0.2, 0.25) is 0 Å². The van der Waals surface area contributed by atoms with Crippen molar-refractivity contribution in [1.29, 1.82) is 0 Å². The number of ether oxygens (including phenoxy) is 1. The second kappa shape index (κ2) is 9.51. The minimum Gasteiger partial charge on any atom is -0.469 e. The number of nitrogens with zero attached hydrogens (tertiary/aromatic N) is 1. The van der Waals surface area contributed by atoms with Crippen LogP contribution in [0.4, 0.5) is 0 Å². The molecule has 0 rings (SSSR count). The van der Waals surface area contributed by atoms with Gasteiger partial charge in [-0.3, -0.25) is 4.79 Å². The zero-order valence-corrected chi connectivity index (χ0v) is 14.1. The average Bonchev–Trinajstić information content (AvgIpc) is 2.41. The Labute approximate surface area is 127 Å². The van der Waals surface area contributed by atoms with Crippen molar-refractivity contribution in [2.45, 2.75) is 38.6 Å². The van der Waals surface area contributed by atoms with Crippen molar-refractivity contribution in [3.05, 3.63) is 0 Å². The van der Waals surface area contributed by atoms with Crippen LogP contribution in [0.2, 0.25) is 0 Å². The van der Waals surface area contributed by atoms with E-state index in [-0.39, 0.29) is 31.9 Å². The van der Waals surface area contributed by atoms with E-state index in [1.165, 1.54) is 14.2 Å². The van der Waals surface area contributed by atoms with Gasteiger partial charge in [0.05, 0.1) is 13.5 Å². The van der Waals surface area contributed by atoms with Gasteiger partial charge in [-0.1, -0.05) is 13.8 Å². The number of nitrogens with two attached hydrogens (primary N) is 1. The van der Waals surface area contributed by atoms with Crippen molar-refractivity contribution < 1.29 is 17.9 Å². The molecule has 0 aliphatic heterocycles. The van der Waals surface area contributed by atoms with E-state index >= 15 is 0 Å². The van der Waals surface area contributed by atoms with E-state index in [9.17, 15) is 13.2 Å². The van der Waals surface area contributed by atoms with Gasteiger partial charge in [-0.2, -0.15) is 17.4 Å². The third kappa shape index (κ3) is 6.36. The SMILES string of the molecule is CCC(CC)(CN)NS(=O)(=O)N(C)CCC(=O)OC.Cl. The molecule has 0 aromatic carbocycles. The molecule has 0 saturated carbocycles. The Morgan fingerprint density at radius 3 is 2.20 bits per heavy atom. The van der Waals surface area contributed by atoms with Gasteiger partial charge in [0.1, 0.15) is 0 Å². The normalized spacial score (nSPS) is 12.1. The van der Waals surface area contributed by atoms with E-state index in [0.29, 0.717) is 12.8 Å². The van der Waals surface area contributed by atoms with Crippen LogP contribution in [0.15, 0.2) is 0 Å². The summed E-state index contributed by atoms with van der Waals surface area (Å²) in [7, 11) is -0.981. The Balaban J connectivity index is 0. The van der Waals surface area contributed by atoms with Gasteiger partial charge in [-0.05, 0) is 12.8 Å². The Kier molecular flexibility index (Phi) is 10.4. The lowest BCUT2D eigenvalue weighted by molar-refractivity contribution is -0.140. The summed E-state index contributed by atoms with van der Waals surface area (Å²) in [5.74, 6) is -0.446. The van der Waals surface area contributed by atoms with Crippen LogP contribution in [-0.4, -0.2) is 51.5 Å². The van der Waals surface area contributed by atoms with Gasteiger partial charge >= 0.3 is 5.97 Å². The molecule has 0 radical (unpaired) electrons. The molecule has 122 valence electrons. The number of carbonyl (C=O) groups is 1. The Morgan fingerprint density at radius 1 is 1.35 bits per heavy atom. The molecule has 0 amide bonds. The highest BCUT2D eigenvalue weighted by Gasteiger charge is 2.32. The molecular weight excluding hydrogens is 306 g/mol. The van der Waals surface area contributed by atoms with Gasteiger partial charge in [-0.15, -0.1) is 12.4 Å². The fourth-order valence-corrected chi connectivity index (χ4v) is 2.95. The number of rotatable bonds is 9. The molecule has 7 nitrogen and oxygen atoms in total. The quantitative estimate of drug-likeness (QED) is 0.590. The molecule has 20 heavy (non-hydrogen) atoms. The van der Waals surface area contributed by atoms with Gasteiger partial charge < -0.3 is 10.5 Å². The summed E-state index contributed by atoms with van der Waals surface area (Å²) in [6.07, 6.45) is 1.22. The van der Waals surface area contributed by atoms with Gasteiger partial charge in [0.15, 0.2) is 0 Å². The first kappa shape index (κ1) is 21.9. The van der Waals surface area contributed by atoms with E-state index in [2.05, 4.69) is 9.46 Å². The molecule has 0 aliphatic rings. The number of hydrogen-bond acceptors (Lipinski definition) is 5. The van der Waals surface area contributed by atoms with Crippen LogP contribution in [0.5, 0.6) is 0 Å². The maximum atomic E-state index is 12.1. The largest absolute Gasteiger partial charge is 0.469 e. The summed E-state index contributed by atoms with van der Waals surface area (Å²) in [5, 5.41) is 0. The Bertz CT molecular complexity index is 377. The highest BCUT2D eigenvalue weighted by atomic mass is 35.5. The minimum absolute atomic E-state index is 0. The fourth-order valence-electron chi connectivity index (χ4n) is 1.55. The van der Waals surface area contributed by atoms with Crippen LogP contribution in [0, 0.1) is 0 Å². The zero-order valence-electron chi connectivity index (χ0n) is 12.5. The summed E-state index contributed by atoms with van der Waals surface area (Å²) in [4.78, 5) is 11.0. The van der Waals surface area contributed by atoms with E-state index in [1.807, 2.05) is 13.8 Å². The number of nitrogens with one attached hydrogen (secondary N) is 1.